The Morgan fingerprint density at radius 3 is 2.64 bits per heavy atom. The topological polar surface area (TPSA) is 67.6 Å². The molecular formula is C21H25N3O3S. The van der Waals surface area contributed by atoms with Gasteiger partial charge in [-0.3, -0.25) is 4.79 Å². The van der Waals surface area contributed by atoms with Gasteiger partial charge in [0.2, 0.25) is 11.8 Å². The number of thiophene rings is 1. The van der Waals surface area contributed by atoms with Crippen LogP contribution in [0.15, 0.2) is 46.2 Å². The van der Waals surface area contributed by atoms with E-state index >= 15 is 0 Å². The summed E-state index contributed by atoms with van der Waals surface area (Å²) in [6, 6.07) is 11.9. The molecule has 2 heterocycles. The van der Waals surface area contributed by atoms with Gasteiger partial charge < -0.3 is 19.4 Å². The van der Waals surface area contributed by atoms with E-state index in [9.17, 15) is 4.79 Å². The van der Waals surface area contributed by atoms with Crippen LogP contribution in [-0.2, 0) is 11.2 Å². The SMILES string of the molecule is COc1ccc(C(CNC(=O)Cc2nc(-c3cccs3)oc2C)N(C)C)cc1. The fraction of sp³-hybridized carbons (Fsp3) is 0.333. The lowest BCUT2D eigenvalue weighted by Crippen LogP contribution is -2.35. The van der Waals surface area contributed by atoms with E-state index in [-0.39, 0.29) is 18.4 Å². The number of rotatable bonds is 8. The molecule has 0 fully saturated rings. The van der Waals surface area contributed by atoms with Crippen molar-refractivity contribution in [3.8, 4) is 16.5 Å². The maximum absolute atomic E-state index is 12.5. The molecule has 1 aromatic carbocycles. The highest BCUT2D eigenvalue weighted by atomic mass is 32.1. The number of methoxy groups -OCH3 is 1. The average molecular weight is 400 g/mol. The minimum Gasteiger partial charge on any atom is -0.497 e. The van der Waals surface area contributed by atoms with Crippen molar-refractivity contribution in [2.24, 2.45) is 0 Å². The van der Waals surface area contributed by atoms with Gasteiger partial charge in [0, 0.05) is 6.54 Å². The lowest BCUT2D eigenvalue weighted by atomic mass is 10.1. The van der Waals surface area contributed by atoms with Gasteiger partial charge in [-0.25, -0.2) is 4.98 Å². The highest BCUT2D eigenvalue weighted by Crippen LogP contribution is 2.26. The molecule has 1 N–H and O–H groups in total. The van der Waals surface area contributed by atoms with Gasteiger partial charge in [-0.15, -0.1) is 11.3 Å². The van der Waals surface area contributed by atoms with Crippen molar-refractivity contribution in [3.05, 3.63) is 58.8 Å². The third-order valence-electron chi connectivity index (χ3n) is 4.57. The maximum Gasteiger partial charge on any atom is 0.236 e. The zero-order valence-corrected chi connectivity index (χ0v) is 17.4. The smallest absolute Gasteiger partial charge is 0.236 e. The second-order valence-corrected chi connectivity index (χ2v) is 7.68. The van der Waals surface area contributed by atoms with Gasteiger partial charge >= 0.3 is 0 Å². The van der Waals surface area contributed by atoms with Crippen LogP contribution in [0.25, 0.3) is 10.8 Å². The van der Waals surface area contributed by atoms with Gasteiger partial charge in [0.05, 0.1) is 30.1 Å². The number of likely N-dealkylation sites (N-methyl/N-ethyl adjacent to an activating group) is 1. The van der Waals surface area contributed by atoms with Crippen molar-refractivity contribution >= 4 is 17.2 Å². The van der Waals surface area contributed by atoms with Crippen molar-refractivity contribution < 1.29 is 13.9 Å². The average Bonchev–Trinajstić information content (AvgIpc) is 3.32. The maximum atomic E-state index is 12.5. The Kier molecular flexibility index (Phi) is 6.49. The molecule has 2 aromatic heterocycles. The summed E-state index contributed by atoms with van der Waals surface area (Å²) in [5, 5.41) is 4.99. The molecule has 0 aliphatic carbocycles. The molecule has 0 radical (unpaired) electrons. The molecule has 1 unspecified atom stereocenters. The van der Waals surface area contributed by atoms with Crippen molar-refractivity contribution in [2.45, 2.75) is 19.4 Å². The van der Waals surface area contributed by atoms with Gasteiger partial charge in [-0.2, -0.15) is 0 Å². The first-order chi connectivity index (χ1) is 13.5. The van der Waals surface area contributed by atoms with E-state index in [1.54, 1.807) is 18.4 Å². The van der Waals surface area contributed by atoms with Crippen LogP contribution in [0.2, 0.25) is 0 Å². The molecule has 1 atom stereocenters. The van der Waals surface area contributed by atoms with Crippen molar-refractivity contribution in [2.75, 3.05) is 27.7 Å². The summed E-state index contributed by atoms with van der Waals surface area (Å²) in [4.78, 5) is 20.0. The minimum absolute atomic E-state index is 0.0648. The molecule has 0 saturated carbocycles. The zero-order chi connectivity index (χ0) is 20.1. The monoisotopic (exact) mass is 399 g/mol. The minimum atomic E-state index is -0.0745. The van der Waals surface area contributed by atoms with Crippen molar-refractivity contribution in [1.82, 2.24) is 15.2 Å². The van der Waals surface area contributed by atoms with Crippen molar-refractivity contribution in [3.63, 3.8) is 0 Å². The van der Waals surface area contributed by atoms with Gasteiger partial charge in [-0.05, 0) is 50.2 Å². The Labute approximate surface area is 169 Å². The van der Waals surface area contributed by atoms with Gasteiger partial charge in [0.25, 0.3) is 0 Å². The second-order valence-electron chi connectivity index (χ2n) is 6.73. The number of oxazole rings is 1. The van der Waals surface area contributed by atoms with Crippen LogP contribution in [0.4, 0.5) is 0 Å². The molecule has 148 valence electrons. The summed E-state index contributed by atoms with van der Waals surface area (Å²) >= 11 is 1.56. The molecule has 3 aromatic rings. The second kappa shape index (κ2) is 9.03. The highest BCUT2D eigenvalue weighted by Gasteiger charge is 2.18. The lowest BCUT2D eigenvalue weighted by molar-refractivity contribution is -0.120. The first-order valence-electron chi connectivity index (χ1n) is 9.05. The van der Waals surface area contributed by atoms with Gasteiger partial charge in [0.1, 0.15) is 11.5 Å². The van der Waals surface area contributed by atoms with E-state index < -0.39 is 0 Å². The van der Waals surface area contributed by atoms with E-state index in [1.807, 2.05) is 62.8 Å². The van der Waals surface area contributed by atoms with E-state index in [2.05, 4.69) is 15.2 Å². The fourth-order valence-electron chi connectivity index (χ4n) is 2.95. The van der Waals surface area contributed by atoms with Crippen LogP contribution in [0.5, 0.6) is 5.75 Å². The number of benzene rings is 1. The Morgan fingerprint density at radius 2 is 2.04 bits per heavy atom. The molecular weight excluding hydrogens is 374 g/mol. The number of hydrogen-bond acceptors (Lipinski definition) is 6. The van der Waals surface area contributed by atoms with Crippen LogP contribution in [0.1, 0.15) is 23.1 Å². The summed E-state index contributed by atoms with van der Waals surface area (Å²) in [6.45, 7) is 2.35. The number of nitrogens with one attached hydrogen (secondary N) is 1. The van der Waals surface area contributed by atoms with Crippen LogP contribution < -0.4 is 10.1 Å². The van der Waals surface area contributed by atoms with E-state index in [0.29, 0.717) is 23.9 Å². The van der Waals surface area contributed by atoms with Crippen LogP contribution in [-0.4, -0.2) is 43.5 Å². The zero-order valence-electron chi connectivity index (χ0n) is 16.6. The number of ether oxygens (including phenoxy) is 1. The number of aryl methyl sites for hydroxylation is 1. The first-order valence-corrected chi connectivity index (χ1v) is 9.93. The van der Waals surface area contributed by atoms with E-state index in [0.717, 1.165) is 16.2 Å². The molecule has 7 heteroatoms. The molecule has 0 saturated heterocycles. The Balaban J connectivity index is 1.62. The molecule has 28 heavy (non-hydrogen) atoms. The predicted molar refractivity (Wildman–Crippen MR) is 111 cm³/mol. The quantitative estimate of drug-likeness (QED) is 0.626. The third-order valence-corrected chi connectivity index (χ3v) is 5.43. The molecule has 0 spiro atoms. The summed E-state index contributed by atoms with van der Waals surface area (Å²) in [6.07, 6.45) is 0.198. The summed E-state index contributed by atoms with van der Waals surface area (Å²) in [7, 11) is 5.64. The molecule has 0 aliphatic heterocycles. The van der Waals surface area contributed by atoms with Gasteiger partial charge in [0.15, 0.2) is 0 Å². The molecule has 1 amide bonds. The summed E-state index contributed by atoms with van der Waals surface area (Å²) in [5.41, 5.74) is 1.79. The van der Waals surface area contributed by atoms with Crippen molar-refractivity contribution in [1.29, 1.82) is 0 Å². The Hall–Kier alpha value is -2.64. The van der Waals surface area contributed by atoms with Crippen LogP contribution in [0, 0.1) is 6.92 Å². The molecule has 0 aliphatic rings. The lowest BCUT2D eigenvalue weighted by Gasteiger charge is -2.25. The standard InChI is InChI=1S/C21H25N3O3S/c1-14-17(23-21(27-14)19-6-5-11-28-19)12-20(25)22-13-18(24(2)3)15-7-9-16(26-4)10-8-15/h5-11,18H,12-13H2,1-4H3,(H,22,25). The number of hydrogen-bond donors (Lipinski definition) is 1. The number of nitrogens with zero attached hydrogens (tertiary/aromatic N) is 2. The summed E-state index contributed by atoms with van der Waals surface area (Å²) in [5.74, 6) is 1.99. The molecule has 3 rings (SSSR count). The molecule has 0 bridgehead atoms. The largest absolute Gasteiger partial charge is 0.497 e. The molecule has 6 nitrogen and oxygen atoms in total. The number of carbonyl (C=O) groups excluding carboxylic acids is 1. The Bertz CT molecular complexity index is 902. The van der Waals surface area contributed by atoms with Gasteiger partial charge in [-0.1, -0.05) is 18.2 Å². The van der Waals surface area contributed by atoms with Crippen LogP contribution >= 0.6 is 11.3 Å². The number of amides is 1. The normalized spacial score (nSPS) is 12.2. The first kappa shape index (κ1) is 20.1. The predicted octanol–water partition coefficient (Wildman–Crippen LogP) is 3.68. The van der Waals surface area contributed by atoms with Crippen LogP contribution in [0.3, 0.4) is 0 Å². The third kappa shape index (κ3) is 4.79. The summed E-state index contributed by atoms with van der Waals surface area (Å²) < 4.78 is 10.9. The van der Waals surface area contributed by atoms with E-state index in [1.165, 1.54) is 0 Å². The number of carbonyl (C=O) groups is 1. The number of aromatic nitrogens is 1. The fourth-order valence-corrected chi connectivity index (χ4v) is 3.60. The Morgan fingerprint density at radius 1 is 1.29 bits per heavy atom. The highest BCUT2D eigenvalue weighted by molar-refractivity contribution is 7.13. The van der Waals surface area contributed by atoms with E-state index in [4.69, 9.17) is 9.15 Å².